The summed E-state index contributed by atoms with van der Waals surface area (Å²) in [6, 6.07) is 3.97. The van der Waals surface area contributed by atoms with Gasteiger partial charge in [-0.25, -0.2) is 17.7 Å². The van der Waals surface area contributed by atoms with Crippen LogP contribution in [0.15, 0.2) is 12.1 Å². The van der Waals surface area contributed by atoms with Crippen molar-refractivity contribution in [3.05, 3.63) is 17.7 Å². The van der Waals surface area contributed by atoms with E-state index in [1.807, 2.05) is 12.1 Å². The number of methoxy groups -OCH3 is 1. The maximum Gasteiger partial charge on any atom is 0.211 e. The molecule has 2 aromatic rings. The number of fused-ring (bicyclic) bond motifs is 1. The lowest BCUT2D eigenvalue weighted by atomic mass is 10.1. The fourth-order valence-electron chi connectivity index (χ4n) is 3.09. The van der Waals surface area contributed by atoms with Crippen molar-refractivity contribution in [1.29, 1.82) is 0 Å². The zero-order valence-electron chi connectivity index (χ0n) is 14.4. The molecule has 0 N–H and O–H groups in total. The summed E-state index contributed by atoms with van der Waals surface area (Å²) in [4.78, 5) is 6.97. The van der Waals surface area contributed by atoms with Crippen LogP contribution in [0.25, 0.3) is 10.2 Å². The highest BCUT2D eigenvalue weighted by Gasteiger charge is 2.29. The van der Waals surface area contributed by atoms with Crippen molar-refractivity contribution < 1.29 is 13.2 Å². The Hall–Kier alpha value is -1.38. The van der Waals surface area contributed by atoms with E-state index >= 15 is 0 Å². The molecule has 1 unspecified atom stereocenters. The normalized spacial score (nSPS) is 19.2. The van der Waals surface area contributed by atoms with E-state index in [0.717, 1.165) is 40.5 Å². The summed E-state index contributed by atoms with van der Waals surface area (Å²) in [5.74, 6) is 0.778. The molecule has 1 aliphatic heterocycles. The monoisotopic (exact) mass is 369 g/mol. The highest BCUT2D eigenvalue weighted by Crippen LogP contribution is 2.37. The van der Waals surface area contributed by atoms with Crippen LogP contribution in [0.5, 0.6) is 5.75 Å². The molecular formula is C16H23N3O3S2. The number of aryl methyl sites for hydroxylation is 1. The minimum Gasteiger partial charge on any atom is -0.494 e. The van der Waals surface area contributed by atoms with E-state index < -0.39 is 10.0 Å². The molecule has 1 aliphatic rings. The molecule has 0 radical (unpaired) electrons. The summed E-state index contributed by atoms with van der Waals surface area (Å²) in [7, 11) is 0.135. The lowest BCUT2D eigenvalue weighted by Gasteiger charge is -2.36. The van der Waals surface area contributed by atoms with Gasteiger partial charge in [0.1, 0.15) is 11.3 Å². The molecule has 0 spiro atoms. The van der Waals surface area contributed by atoms with Gasteiger partial charge in [-0.3, -0.25) is 0 Å². The largest absolute Gasteiger partial charge is 0.494 e. The molecule has 2 heterocycles. The topological polar surface area (TPSA) is 62.7 Å². The number of benzene rings is 1. The summed E-state index contributed by atoms with van der Waals surface area (Å²) >= 11 is 1.65. The second kappa shape index (κ2) is 6.50. The molecule has 1 fully saturated rings. The first kappa shape index (κ1) is 17.4. The lowest BCUT2D eigenvalue weighted by Crippen LogP contribution is -2.48. The molecule has 1 saturated heterocycles. The summed E-state index contributed by atoms with van der Waals surface area (Å²) in [6.07, 6.45) is 3.10. The van der Waals surface area contributed by atoms with Gasteiger partial charge in [0.25, 0.3) is 0 Å². The van der Waals surface area contributed by atoms with Gasteiger partial charge in [-0.05, 0) is 31.4 Å². The van der Waals surface area contributed by atoms with Gasteiger partial charge < -0.3 is 9.64 Å². The molecule has 1 aromatic heterocycles. The number of hydrogen-bond donors (Lipinski definition) is 0. The maximum absolute atomic E-state index is 11.8. The average Bonchev–Trinajstić information content (AvgIpc) is 3.00. The van der Waals surface area contributed by atoms with Crippen molar-refractivity contribution in [2.75, 3.05) is 38.4 Å². The first-order valence-electron chi connectivity index (χ1n) is 7.93. The molecule has 132 valence electrons. The van der Waals surface area contributed by atoms with Crippen molar-refractivity contribution >= 4 is 36.7 Å². The number of likely N-dealkylation sites (N-methyl/N-ethyl adjacent to an activating group) is 1. The van der Waals surface area contributed by atoms with E-state index in [9.17, 15) is 8.42 Å². The number of hydrogen-bond acceptors (Lipinski definition) is 6. The smallest absolute Gasteiger partial charge is 0.211 e. The maximum atomic E-state index is 11.8. The number of thiazole rings is 1. The Bertz CT molecular complexity index is 848. The standard InChI is InChI=1S/C16H23N3O3S2/c1-11-7-8-13(22-3)14-15(11)23-16(17-14)19-9-5-6-12(10-19)18(2)24(4,20)21/h7-8,12H,5-6,9-10H2,1-4H3. The zero-order chi connectivity index (χ0) is 17.5. The van der Waals surface area contributed by atoms with E-state index in [2.05, 4.69) is 11.8 Å². The Morgan fingerprint density at radius 1 is 1.42 bits per heavy atom. The quantitative estimate of drug-likeness (QED) is 0.828. The van der Waals surface area contributed by atoms with Crippen molar-refractivity contribution in [2.45, 2.75) is 25.8 Å². The molecule has 24 heavy (non-hydrogen) atoms. The van der Waals surface area contributed by atoms with Crippen molar-refractivity contribution in [2.24, 2.45) is 0 Å². The molecule has 6 nitrogen and oxygen atoms in total. The van der Waals surface area contributed by atoms with Gasteiger partial charge in [0, 0.05) is 26.2 Å². The second-order valence-corrected chi connectivity index (χ2v) is 9.30. The second-order valence-electron chi connectivity index (χ2n) is 6.28. The minimum absolute atomic E-state index is 0.0104. The van der Waals surface area contributed by atoms with Crippen molar-refractivity contribution in [1.82, 2.24) is 9.29 Å². The Kier molecular flexibility index (Phi) is 4.72. The number of piperidine rings is 1. The van der Waals surface area contributed by atoms with E-state index in [-0.39, 0.29) is 6.04 Å². The minimum atomic E-state index is -3.18. The lowest BCUT2D eigenvalue weighted by molar-refractivity contribution is 0.322. The van der Waals surface area contributed by atoms with Crippen LogP contribution < -0.4 is 9.64 Å². The van der Waals surface area contributed by atoms with Crippen LogP contribution in [0.2, 0.25) is 0 Å². The van der Waals surface area contributed by atoms with Crippen LogP contribution in [0.4, 0.5) is 5.13 Å². The molecule has 8 heteroatoms. The Balaban J connectivity index is 1.91. The summed E-state index contributed by atoms with van der Waals surface area (Å²) < 4.78 is 31.7. The fourth-order valence-corrected chi connectivity index (χ4v) is 4.89. The van der Waals surface area contributed by atoms with Gasteiger partial charge in [0.2, 0.25) is 10.0 Å². The van der Waals surface area contributed by atoms with Gasteiger partial charge in [-0.1, -0.05) is 17.4 Å². The first-order chi connectivity index (χ1) is 11.3. The van der Waals surface area contributed by atoms with Crippen LogP contribution in [0.1, 0.15) is 18.4 Å². The van der Waals surface area contributed by atoms with Crippen molar-refractivity contribution in [3.63, 3.8) is 0 Å². The van der Waals surface area contributed by atoms with Crippen molar-refractivity contribution in [3.8, 4) is 5.75 Å². The summed E-state index contributed by atoms with van der Waals surface area (Å²) in [5, 5.41) is 0.934. The molecule has 0 saturated carbocycles. The number of aromatic nitrogens is 1. The number of sulfonamides is 1. The SMILES string of the molecule is COc1ccc(C)c2sc(N3CCCC(N(C)S(C)(=O)=O)C3)nc12. The van der Waals surface area contributed by atoms with Gasteiger partial charge in [-0.15, -0.1) is 0 Å². The number of rotatable bonds is 4. The van der Waals surface area contributed by atoms with Gasteiger partial charge in [0.05, 0.1) is 18.1 Å². The predicted octanol–water partition coefficient (Wildman–Crippen LogP) is 2.47. The number of nitrogens with zero attached hydrogens (tertiary/aromatic N) is 3. The third-order valence-corrected chi connectivity index (χ3v) is 7.21. The van der Waals surface area contributed by atoms with Crippen LogP contribution in [0.3, 0.4) is 0 Å². The van der Waals surface area contributed by atoms with E-state index in [1.165, 1.54) is 16.1 Å². The van der Waals surface area contributed by atoms with Crippen LogP contribution in [0, 0.1) is 6.92 Å². The molecule has 0 aliphatic carbocycles. The number of anilines is 1. The Morgan fingerprint density at radius 3 is 2.83 bits per heavy atom. The molecular weight excluding hydrogens is 346 g/mol. The molecule has 0 bridgehead atoms. The third-order valence-electron chi connectivity index (χ3n) is 4.62. The van der Waals surface area contributed by atoms with Crippen LogP contribution >= 0.6 is 11.3 Å². The van der Waals surface area contributed by atoms with Crippen LogP contribution in [-0.2, 0) is 10.0 Å². The predicted molar refractivity (Wildman–Crippen MR) is 98.8 cm³/mol. The fraction of sp³-hybridized carbons (Fsp3) is 0.562. The number of ether oxygens (including phenoxy) is 1. The first-order valence-corrected chi connectivity index (χ1v) is 10.6. The summed E-state index contributed by atoms with van der Waals surface area (Å²) in [5.41, 5.74) is 2.06. The molecule has 0 amide bonds. The Labute approximate surface area is 147 Å². The van der Waals surface area contributed by atoms with Gasteiger partial charge in [0.15, 0.2) is 5.13 Å². The summed E-state index contributed by atoms with van der Waals surface area (Å²) in [6.45, 7) is 3.64. The average molecular weight is 370 g/mol. The third kappa shape index (κ3) is 3.22. The molecule has 1 aromatic carbocycles. The highest BCUT2D eigenvalue weighted by atomic mass is 32.2. The molecule has 1 atom stereocenters. The van der Waals surface area contributed by atoms with E-state index in [1.54, 1.807) is 25.5 Å². The van der Waals surface area contributed by atoms with E-state index in [0.29, 0.717) is 6.54 Å². The van der Waals surface area contributed by atoms with Gasteiger partial charge in [-0.2, -0.15) is 0 Å². The Morgan fingerprint density at radius 2 is 2.17 bits per heavy atom. The van der Waals surface area contributed by atoms with Gasteiger partial charge >= 0.3 is 0 Å². The zero-order valence-corrected chi connectivity index (χ0v) is 16.1. The van der Waals surface area contributed by atoms with Crippen LogP contribution in [-0.4, -0.2) is 57.3 Å². The highest BCUT2D eigenvalue weighted by molar-refractivity contribution is 7.88. The van der Waals surface area contributed by atoms with E-state index in [4.69, 9.17) is 9.72 Å². The molecule has 3 rings (SSSR count).